The van der Waals surface area contributed by atoms with E-state index in [0.717, 1.165) is 28.3 Å². The van der Waals surface area contributed by atoms with Crippen LogP contribution < -0.4 is 20.7 Å². The second-order valence-corrected chi connectivity index (χ2v) is 5.62. The molecule has 0 spiro atoms. The molecule has 3 heterocycles. The lowest BCUT2D eigenvalue weighted by molar-refractivity contribution is 0.237. The zero-order valence-electron chi connectivity index (χ0n) is 13.5. The summed E-state index contributed by atoms with van der Waals surface area (Å²) in [5, 5.41) is 13.1. The van der Waals surface area contributed by atoms with Gasteiger partial charge in [0, 0.05) is 24.8 Å². The van der Waals surface area contributed by atoms with Gasteiger partial charge in [0.05, 0.1) is 12.7 Å². The molecule has 2 aromatic heterocycles. The lowest BCUT2D eigenvalue weighted by Gasteiger charge is -2.11. The highest BCUT2D eigenvalue weighted by Crippen LogP contribution is 2.27. The number of hydrogen-bond acceptors (Lipinski definition) is 5. The molecule has 1 aliphatic rings. The monoisotopic (exact) mass is 338 g/mol. The van der Waals surface area contributed by atoms with Crippen LogP contribution in [0.2, 0.25) is 0 Å². The summed E-state index contributed by atoms with van der Waals surface area (Å²) in [4.78, 5) is 16.3. The third-order valence-corrected chi connectivity index (χ3v) is 3.89. The van der Waals surface area contributed by atoms with Gasteiger partial charge in [0.25, 0.3) is 0 Å². The first-order valence-electron chi connectivity index (χ1n) is 8.13. The Morgan fingerprint density at radius 3 is 2.92 bits per heavy atom. The normalized spacial score (nSPS) is 15.1. The van der Waals surface area contributed by atoms with Crippen LogP contribution in [0.3, 0.4) is 0 Å². The topological polar surface area (TPSA) is 92.6 Å². The first kappa shape index (κ1) is 15.3. The van der Waals surface area contributed by atoms with Crippen LogP contribution in [0, 0.1) is 0 Å². The van der Waals surface area contributed by atoms with E-state index in [4.69, 9.17) is 4.74 Å². The van der Waals surface area contributed by atoms with Crippen molar-refractivity contribution < 1.29 is 9.53 Å². The number of nitrogens with one attached hydrogen (secondary N) is 3. The van der Waals surface area contributed by atoms with E-state index in [0.29, 0.717) is 26.2 Å². The fourth-order valence-electron chi connectivity index (χ4n) is 2.69. The van der Waals surface area contributed by atoms with Crippen molar-refractivity contribution in [3.05, 3.63) is 42.7 Å². The van der Waals surface area contributed by atoms with Gasteiger partial charge in [-0.25, -0.2) is 14.3 Å². The van der Waals surface area contributed by atoms with E-state index in [1.54, 1.807) is 10.7 Å². The molecule has 128 valence electrons. The Morgan fingerprint density at radius 1 is 1.08 bits per heavy atom. The largest absolute Gasteiger partial charge is 0.492 e. The zero-order valence-corrected chi connectivity index (χ0v) is 13.5. The Kier molecular flexibility index (Phi) is 4.07. The Balaban J connectivity index is 1.72. The van der Waals surface area contributed by atoms with Crippen molar-refractivity contribution in [1.29, 1.82) is 0 Å². The van der Waals surface area contributed by atoms with Gasteiger partial charge < -0.3 is 20.7 Å². The molecule has 2 amide bonds. The highest BCUT2D eigenvalue weighted by atomic mass is 16.5. The van der Waals surface area contributed by atoms with E-state index >= 15 is 0 Å². The second-order valence-electron chi connectivity index (χ2n) is 5.62. The molecule has 3 aromatic rings. The maximum atomic E-state index is 11.7. The molecule has 1 aromatic carbocycles. The number of fused-ring (bicyclic) bond motifs is 4. The number of ether oxygens (including phenoxy) is 1. The standard InChI is InChI=1S/C17H18N6O2/c24-17-19-6-5-18-15-4-8-23-16(22-15)14(11-21-23)12-2-1-3-13(10-12)25-9-7-20-17/h1-4,8,10-11H,5-7,9H2,(H,18,22)(H2,19,20,24). The minimum atomic E-state index is -0.215. The molecule has 0 radical (unpaired) electrons. The van der Waals surface area contributed by atoms with Gasteiger partial charge in [-0.3, -0.25) is 0 Å². The minimum Gasteiger partial charge on any atom is -0.492 e. The number of amides is 2. The summed E-state index contributed by atoms with van der Waals surface area (Å²) < 4.78 is 7.46. The van der Waals surface area contributed by atoms with Crippen LogP contribution >= 0.6 is 0 Å². The van der Waals surface area contributed by atoms with Crippen molar-refractivity contribution in [2.75, 3.05) is 31.6 Å². The van der Waals surface area contributed by atoms with Crippen LogP contribution in [0.15, 0.2) is 42.7 Å². The number of hydrogen-bond donors (Lipinski definition) is 3. The summed E-state index contributed by atoms with van der Waals surface area (Å²) in [7, 11) is 0. The fourth-order valence-corrected chi connectivity index (χ4v) is 2.69. The van der Waals surface area contributed by atoms with Crippen LogP contribution in [0.1, 0.15) is 0 Å². The van der Waals surface area contributed by atoms with E-state index < -0.39 is 0 Å². The van der Waals surface area contributed by atoms with Gasteiger partial charge in [-0.2, -0.15) is 5.10 Å². The smallest absolute Gasteiger partial charge is 0.314 e. The lowest BCUT2D eigenvalue weighted by Crippen LogP contribution is -2.39. The number of urea groups is 1. The maximum absolute atomic E-state index is 11.7. The van der Waals surface area contributed by atoms with Gasteiger partial charge >= 0.3 is 6.03 Å². The minimum absolute atomic E-state index is 0.215. The first-order chi connectivity index (χ1) is 12.3. The predicted octanol–water partition coefficient (Wildman–Crippen LogP) is 1.50. The van der Waals surface area contributed by atoms with Crippen molar-refractivity contribution in [1.82, 2.24) is 25.2 Å². The molecule has 0 unspecified atom stereocenters. The number of benzene rings is 1. The molecule has 0 saturated carbocycles. The molecule has 25 heavy (non-hydrogen) atoms. The highest BCUT2D eigenvalue weighted by molar-refractivity contribution is 5.78. The SMILES string of the molecule is O=C1NCCNc2ccn3ncc(c3n2)-c2cccc(c2)OCCN1. The molecule has 0 aliphatic carbocycles. The molecular weight excluding hydrogens is 320 g/mol. The van der Waals surface area contributed by atoms with E-state index in [2.05, 4.69) is 26.0 Å². The number of anilines is 1. The van der Waals surface area contributed by atoms with E-state index in [9.17, 15) is 4.79 Å². The molecule has 0 saturated heterocycles. The first-order valence-corrected chi connectivity index (χ1v) is 8.13. The summed E-state index contributed by atoms with van der Waals surface area (Å²) >= 11 is 0. The summed E-state index contributed by atoms with van der Waals surface area (Å²) in [6.45, 7) is 1.89. The Morgan fingerprint density at radius 2 is 1.96 bits per heavy atom. The van der Waals surface area contributed by atoms with Crippen molar-refractivity contribution >= 4 is 17.5 Å². The van der Waals surface area contributed by atoms with E-state index in [1.807, 2.05) is 36.5 Å². The Hall–Kier alpha value is -3.29. The molecule has 8 nitrogen and oxygen atoms in total. The number of nitrogens with zero attached hydrogens (tertiary/aromatic N) is 3. The highest BCUT2D eigenvalue weighted by Gasteiger charge is 2.10. The molecule has 8 heteroatoms. The molecular formula is C17H18N6O2. The van der Waals surface area contributed by atoms with E-state index in [-0.39, 0.29) is 6.03 Å². The lowest BCUT2D eigenvalue weighted by atomic mass is 10.1. The van der Waals surface area contributed by atoms with Gasteiger partial charge in [-0.15, -0.1) is 0 Å². The summed E-state index contributed by atoms with van der Waals surface area (Å²) in [6.07, 6.45) is 3.66. The molecule has 1 aliphatic heterocycles. The average molecular weight is 338 g/mol. The van der Waals surface area contributed by atoms with Crippen LogP contribution in [0.25, 0.3) is 16.8 Å². The van der Waals surface area contributed by atoms with Gasteiger partial charge in [-0.1, -0.05) is 12.1 Å². The van der Waals surface area contributed by atoms with Crippen molar-refractivity contribution in [2.45, 2.75) is 0 Å². The quantitative estimate of drug-likeness (QED) is 0.578. The number of carbonyl (C=O) groups excluding carboxylic acids is 1. The predicted molar refractivity (Wildman–Crippen MR) is 93.8 cm³/mol. The molecule has 4 bridgehead atoms. The number of rotatable bonds is 0. The van der Waals surface area contributed by atoms with Crippen molar-refractivity contribution in [3.8, 4) is 16.9 Å². The van der Waals surface area contributed by atoms with Gasteiger partial charge in [0.1, 0.15) is 18.2 Å². The Labute approximate surface area is 144 Å². The Bertz CT molecular complexity index is 907. The number of carbonyl (C=O) groups is 1. The van der Waals surface area contributed by atoms with Crippen molar-refractivity contribution in [2.24, 2.45) is 0 Å². The second kappa shape index (κ2) is 6.68. The summed E-state index contributed by atoms with van der Waals surface area (Å²) in [5.74, 6) is 1.47. The fraction of sp³-hybridized carbons (Fsp3) is 0.235. The van der Waals surface area contributed by atoms with Crippen LogP contribution in [0.4, 0.5) is 10.6 Å². The third-order valence-electron chi connectivity index (χ3n) is 3.89. The van der Waals surface area contributed by atoms with Gasteiger partial charge in [0.15, 0.2) is 5.65 Å². The van der Waals surface area contributed by atoms with Crippen molar-refractivity contribution in [3.63, 3.8) is 0 Å². The summed E-state index contributed by atoms with van der Waals surface area (Å²) in [6, 6.07) is 9.41. The number of aromatic nitrogens is 3. The molecule has 4 rings (SSSR count). The van der Waals surface area contributed by atoms with Crippen LogP contribution in [-0.2, 0) is 0 Å². The molecule has 3 N–H and O–H groups in total. The third kappa shape index (κ3) is 3.32. The maximum Gasteiger partial charge on any atom is 0.314 e. The van der Waals surface area contributed by atoms with Gasteiger partial charge in [-0.05, 0) is 23.8 Å². The zero-order chi connectivity index (χ0) is 17.1. The summed E-state index contributed by atoms with van der Waals surface area (Å²) in [5.41, 5.74) is 2.68. The molecule has 0 fully saturated rings. The molecule has 0 atom stereocenters. The van der Waals surface area contributed by atoms with Crippen LogP contribution in [0.5, 0.6) is 5.75 Å². The van der Waals surface area contributed by atoms with Crippen LogP contribution in [-0.4, -0.2) is 46.9 Å². The van der Waals surface area contributed by atoms with Gasteiger partial charge in [0.2, 0.25) is 0 Å². The average Bonchev–Trinajstić information content (AvgIpc) is 3.05. The van der Waals surface area contributed by atoms with E-state index in [1.165, 1.54) is 0 Å².